The molecular weight excluding hydrogens is 428 g/mol. The van der Waals surface area contributed by atoms with Gasteiger partial charge in [-0.3, -0.25) is 4.79 Å². The summed E-state index contributed by atoms with van der Waals surface area (Å²) in [6.07, 6.45) is -4.16. The van der Waals surface area contributed by atoms with Crippen molar-refractivity contribution in [3.8, 4) is 5.75 Å². The van der Waals surface area contributed by atoms with Crippen molar-refractivity contribution in [1.82, 2.24) is 4.98 Å². The molecule has 1 fully saturated rings. The van der Waals surface area contributed by atoms with E-state index in [1.54, 1.807) is 18.2 Å². The van der Waals surface area contributed by atoms with Gasteiger partial charge in [0.1, 0.15) is 0 Å². The molecule has 0 spiro atoms. The number of benzene rings is 2. The molecule has 2 aromatic carbocycles. The SMILES string of the molecule is O=c1ccc2c(N[C@H]3c4ccc(F)c(O)c4[C@@H]4CCC[C@@H]4[C@@]3(O)C(F)(F)F)cccc2[nH]1. The van der Waals surface area contributed by atoms with E-state index in [2.05, 4.69) is 10.3 Å². The molecule has 4 atom stereocenters. The monoisotopic (exact) mass is 448 g/mol. The first kappa shape index (κ1) is 20.8. The number of phenols is 1. The molecule has 5 nitrogen and oxygen atoms in total. The summed E-state index contributed by atoms with van der Waals surface area (Å²) in [5.41, 5.74) is -2.71. The lowest BCUT2D eigenvalue weighted by Crippen LogP contribution is -2.60. The number of hydrogen-bond donors (Lipinski definition) is 4. The number of alkyl halides is 3. The fraction of sp³-hybridized carbons (Fsp3) is 0.348. The molecule has 168 valence electrons. The van der Waals surface area contributed by atoms with E-state index in [0.29, 0.717) is 23.7 Å². The lowest BCUT2D eigenvalue weighted by atomic mass is 9.64. The van der Waals surface area contributed by atoms with Gasteiger partial charge in [0, 0.05) is 28.6 Å². The molecule has 32 heavy (non-hydrogen) atoms. The Hall–Kier alpha value is -3.07. The summed E-state index contributed by atoms with van der Waals surface area (Å²) in [6, 6.07) is 7.87. The van der Waals surface area contributed by atoms with Gasteiger partial charge in [0.2, 0.25) is 5.56 Å². The Morgan fingerprint density at radius 2 is 1.88 bits per heavy atom. The molecule has 3 aromatic rings. The number of H-pyrrole nitrogens is 1. The van der Waals surface area contributed by atoms with Gasteiger partial charge in [0.25, 0.3) is 0 Å². The van der Waals surface area contributed by atoms with Crippen LogP contribution in [-0.4, -0.2) is 27.0 Å². The van der Waals surface area contributed by atoms with Crippen molar-refractivity contribution in [3.63, 3.8) is 0 Å². The van der Waals surface area contributed by atoms with Gasteiger partial charge < -0.3 is 20.5 Å². The van der Waals surface area contributed by atoms with Crippen LogP contribution in [0.2, 0.25) is 0 Å². The minimum Gasteiger partial charge on any atom is -0.505 e. The third-order valence-corrected chi connectivity index (χ3v) is 6.92. The molecule has 1 heterocycles. The minimum absolute atomic E-state index is 0.00769. The highest BCUT2D eigenvalue weighted by Gasteiger charge is 2.68. The van der Waals surface area contributed by atoms with Gasteiger partial charge >= 0.3 is 6.18 Å². The Kier molecular flexibility index (Phi) is 4.53. The fourth-order valence-corrected chi connectivity index (χ4v) is 5.55. The number of aromatic amines is 1. The normalized spacial score (nSPS) is 27.2. The molecule has 2 aliphatic rings. The second-order valence-corrected chi connectivity index (χ2v) is 8.53. The number of aromatic hydroxyl groups is 1. The minimum atomic E-state index is -4.99. The summed E-state index contributed by atoms with van der Waals surface area (Å²) in [5, 5.41) is 25.0. The van der Waals surface area contributed by atoms with Crippen LogP contribution >= 0.6 is 0 Å². The molecule has 1 saturated carbocycles. The molecule has 2 aliphatic carbocycles. The zero-order valence-electron chi connectivity index (χ0n) is 16.7. The molecule has 0 aliphatic heterocycles. The highest BCUT2D eigenvalue weighted by Crippen LogP contribution is 2.62. The quantitative estimate of drug-likeness (QED) is 0.428. The predicted molar refractivity (Wildman–Crippen MR) is 110 cm³/mol. The number of aromatic nitrogens is 1. The Balaban J connectivity index is 1.75. The molecule has 0 amide bonds. The van der Waals surface area contributed by atoms with E-state index < -0.39 is 41.2 Å². The number of fused-ring (bicyclic) bond motifs is 4. The van der Waals surface area contributed by atoms with Crippen LogP contribution in [0.3, 0.4) is 0 Å². The molecule has 0 saturated heterocycles. The summed E-state index contributed by atoms with van der Waals surface area (Å²) >= 11 is 0. The van der Waals surface area contributed by atoms with Crippen LogP contribution in [0.1, 0.15) is 42.3 Å². The topological polar surface area (TPSA) is 85.3 Å². The van der Waals surface area contributed by atoms with Gasteiger partial charge in [-0.2, -0.15) is 13.2 Å². The number of nitrogens with one attached hydrogen (secondary N) is 2. The molecule has 1 aromatic heterocycles. The van der Waals surface area contributed by atoms with Crippen LogP contribution in [0.15, 0.2) is 47.3 Å². The first-order chi connectivity index (χ1) is 15.1. The van der Waals surface area contributed by atoms with Crippen LogP contribution in [0, 0.1) is 11.7 Å². The summed E-state index contributed by atoms with van der Waals surface area (Å²) in [5.74, 6) is -3.63. The second kappa shape index (κ2) is 6.96. The van der Waals surface area contributed by atoms with E-state index in [0.717, 1.165) is 6.07 Å². The second-order valence-electron chi connectivity index (χ2n) is 8.53. The van der Waals surface area contributed by atoms with E-state index in [9.17, 15) is 32.6 Å². The van der Waals surface area contributed by atoms with E-state index in [1.165, 1.54) is 18.2 Å². The number of hydrogen-bond acceptors (Lipinski definition) is 4. The van der Waals surface area contributed by atoms with Crippen molar-refractivity contribution in [1.29, 1.82) is 0 Å². The summed E-state index contributed by atoms with van der Waals surface area (Å²) < 4.78 is 57.7. The van der Waals surface area contributed by atoms with Gasteiger partial charge in [0.05, 0.1) is 11.6 Å². The lowest BCUT2D eigenvalue weighted by Gasteiger charge is -2.49. The molecule has 0 unspecified atom stereocenters. The fourth-order valence-electron chi connectivity index (χ4n) is 5.55. The van der Waals surface area contributed by atoms with E-state index in [1.807, 2.05) is 0 Å². The zero-order valence-corrected chi connectivity index (χ0v) is 16.7. The maximum atomic E-state index is 14.5. The average molecular weight is 448 g/mol. The zero-order chi connectivity index (χ0) is 22.8. The molecular formula is C23H20F4N2O3. The van der Waals surface area contributed by atoms with E-state index >= 15 is 0 Å². The molecule has 5 rings (SSSR count). The highest BCUT2D eigenvalue weighted by molar-refractivity contribution is 5.91. The summed E-state index contributed by atoms with van der Waals surface area (Å²) in [4.78, 5) is 14.3. The number of anilines is 1. The van der Waals surface area contributed by atoms with Crippen molar-refractivity contribution in [2.24, 2.45) is 5.92 Å². The maximum Gasteiger partial charge on any atom is 0.419 e. The summed E-state index contributed by atoms with van der Waals surface area (Å²) in [7, 11) is 0. The van der Waals surface area contributed by atoms with Crippen molar-refractivity contribution < 1.29 is 27.8 Å². The van der Waals surface area contributed by atoms with Gasteiger partial charge in [-0.15, -0.1) is 0 Å². The molecule has 9 heteroatoms. The van der Waals surface area contributed by atoms with Crippen LogP contribution in [0.25, 0.3) is 10.9 Å². The molecule has 0 radical (unpaired) electrons. The smallest absolute Gasteiger partial charge is 0.419 e. The van der Waals surface area contributed by atoms with Crippen LogP contribution in [0.5, 0.6) is 5.75 Å². The first-order valence-electron chi connectivity index (χ1n) is 10.3. The largest absolute Gasteiger partial charge is 0.505 e. The number of aliphatic hydroxyl groups is 1. The van der Waals surface area contributed by atoms with Crippen LogP contribution in [0.4, 0.5) is 23.2 Å². The number of rotatable bonds is 2. The molecule has 0 bridgehead atoms. The maximum absolute atomic E-state index is 14.5. The van der Waals surface area contributed by atoms with Crippen LogP contribution < -0.4 is 10.9 Å². The van der Waals surface area contributed by atoms with Gasteiger partial charge in [-0.05, 0) is 48.6 Å². The Morgan fingerprint density at radius 3 is 2.62 bits per heavy atom. The number of pyridine rings is 1. The van der Waals surface area contributed by atoms with Crippen molar-refractivity contribution >= 4 is 16.6 Å². The van der Waals surface area contributed by atoms with Crippen molar-refractivity contribution in [2.45, 2.75) is 43.0 Å². The van der Waals surface area contributed by atoms with Crippen LogP contribution in [-0.2, 0) is 0 Å². The average Bonchev–Trinajstić information content (AvgIpc) is 3.22. The lowest BCUT2D eigenvalue weighted by molar-refractivity contribution is -0.290. The molecule has 4 N–H and O–H groups in total. The van der Waals surface area contributed by atoms with Gasteiger partial charge in [-0.1, -0.05) is 18.6 Å². The van der Waals surface area contributed by atoms with E-state index in [4.69, 9.17) is 0 Å². The summed E-state index contributed by atoms with van der Waals surface area (Å²) in [6.45, 7) is 0. The van der Waals surface area contributed by atoms with Crippen molar-refractivity contribution in [3.05, 3.63) is 69.8 Å². The van der Waals surface area contributed by atoms with E-state index in [-0.39, 0.29) is 28.8 Å². The third-order valence-electron chi connectivity index (χ3n) is 6.92. The number of phenolic OH excluding ortho intramolecular Hbond substituents is 1. The Bertz CT molecular complexity index is 1270. The predicted octanol–water partition coefficient (Wildman–Crippen LogP) is 4.72. The third kappa shape index (κ3) is 2.83. The number of halogens is 4. The Morgan fingerprint density at radius 1 is 1.09 bits per heavy atom. The highest BCUT2D eigenvalue weighted by atomic mass is 19.4. The van der Waals surface area contributed by atoms with Gasteiger partial charge in [-0.25, -0.2) is 4.39 Å². The first-order valence-corrected chi connectivity index (χ1v) is 10.3. The van der Waals surface area contributed by atoms with Gasteiger partial charge in [0.15, 0.2) is 17.2 Å². The standard InChI is InChI=1S/C23H20F4N2O3/c24-15-9-7-13-19(20(15)31)11-3-1-4-14(11)22(32,23(25,26)27)21(13)29-17-6-2-5-16-12(17)8-10-18(30)28-16/h2,5-11,14,21,29,31-32H,1,3-4H2,(H,28,30)/t11-,14+,21+,22+/m1/s1. The Labute approximate surface area is 179 Å². The van der Waals surface area contributed by atoms with Crippen molar-refractivity contribution in [2.75, 3.05) is 5.32 Å².